The Balaban J connectivity index is 0.00000107. The van der Waals surface area contributed by atoms with E-state index in [-0.39, 0.29) is 28.3 Å². The number of rotatable bonds is 9. The van der Waals surface area contributed by atoms with Gasteiger partial charge in [0.1, 0.15) is 11.8 Å². The molecule has 0 unspecified atom stereocenters. The van der Waals surface area contributed by atoms with Gasteiger partial charge in [0.05, 0.1) is 22.6 Å². The van der Waals surface area contributed by atoms with Crippen molar-refractivity contribution in [1.29, 1.82) is 0 Å². The summed E-state index contributed by atoms with van der Waals surface area (Å²) in [5.41, 5.74) is 0.733. The number of methoxy groups -OCH3 is 1. The van der Waals surface area contributed by atoms with Crippen LogP contribution in [0.25, 0.3) is 0 Å². The van der Waals surface area contributed by atoms with E-state index in [1.165, 1.54) is 31.4 Å². The molecule has 3 aromatic rings. The maximum absolute atomic E-state index is 13.2. The number of likely N-dealkylation sites (N-methyl/N-ethyl adjacent to an activating group) is 1. The van der Waals surface area contributed by atoms with Crippen LogP contribution in [-0.4, -0.2) is 93.8 Å². The Bertz CT molecular complexity index is 1590. The Morgan fingerprint density at radius 2 is 1.48 bits per heavy atom. The minimum atomic E-state index is -3.91. The molecule has 3 N–H and O–H groups in total. The number of nitrogens with zero attached hydrogens (tertiary/aromatic N) is 2. The summed E-state index contributed by atoms with van der Waals surface area (Å²) in [5.74, 6) is -1.07. The van der Waals surface area contributed by atoms with Gasteiger partial charge in [0.2, 0.25) is 9.84 Å². The summed E-state index contributed by atoms with van der Waals surface area (Å²) in [7, 11) is -0.708. The number of carbonyl (C=O) groups excluding carboxylic acids is 3. The number of carbonyl (C=O) groups is 4. The van der Waals surface area contributed by atoms with Crippen molar-refractivity contribution in [3.8, 4) is 5.75 Å². The van der Waals surface area contributed by atoms with Crippen LogP contribution in [0.4, 0.5) is 15.3 Å². The van der Waals surface area contributed by atoms with Crippen LogP contribution in [0.3, 0.4) is 0 Å². The molecule has 1 heterocycles. The Labute approximate surface area is 268 Å². The van der Waals surface area contributed by atoms with E-state index >= 15 is 0 Å². The number of esters is 1. The van der Waals surface area contributed by atoms with E-state index in [9.17, 15) is 27.6 Å². The van der Waals surface area contributed by atoms with Crippen LogP contribution in [0, 0.1) is 0 Å². The van der Waals surface area contributed by atoms with Crippen LogP contribution in [0.15, 0.2) is 88.7 Å². The number of benzene rings is 3. The fourth-order valence-electron chi connectivity index (χ4n) is 4.27. The normalized spacial score (nSPS) is 13.8. The highest BCUT2D eigenvalue weighted by Crippen LogP contribution is 2.27. The van der Waals surface area contributed by atoms with Crippen LogP contribution in [0.5, 0.6) is 5.75 Å². The SMILES string of the molecule is CCC(=O)O.COC(=O)[C@H](Cc1ccc(OC(=O)N2CCN(C)CC2)cc1)NC(=O)Nc1ccccc1S(=O)(=O)c1ccccc1. The highest BCUT2D eigenvalue weighted by atomic mass is 32.2. The summed E-state index contributed by atoms with van der Waals surface area (Å²) in [6.07, 6.45) is -0.123. The molecule has 0 aromatic heterocycles. The summed E-state index contributed by atoms with van der Waals surface area (Å²) in [6, 6.07) is 18.6. The van der Waals surface area contributed by atoms with Gasteiger partial charge in [-0.05, 0) is 49.0 Å². The first-order valence-corrected chi connectivity index (χ1v) is 15.9. The molecule has 14 heteroatoms. The van der Waals surface area contributed by atoms with E-state index in [0.717, 1.165) is 13.1 Å². The van der Waals surface area contributed by atoms with Crippen LogP contribution < -0.4 is 15.4 Å². The molecule has 0 bridgehead atoms. The first-order chi connectivity index (χ1) is 21.9. The average Bonchev–Trinajstić information content (AvgIpc) is 3.06. The second-order valence-corrected chi connectivity index (χ2v) is 12.2. The van der Waals surface area contributed by atoms with Crippen LogP contribution >= 0.6 is 0 Å². The molecule has 1 aliphatic heterocycles. The first kappa shape index (κ1) is 35.5. The number of aliphatic carboxylic acids is 1. The molecular weight excluding hydrogens is 616 g/mol. The van der Waals surface area contributed by atoms with Gasteiger partial charge < -0.3 is 35.0 Å². The van der Waals surface area contributed by atoms with E-state index in [2.05, 4.69) is 15.5 Å². The third-order valence-corrected chi connectivity index (χ3v) is 8.73. The van der Waals surface area contributed by atoms with Crippen molar-refractivity contribution >= 4 is 39.6 Å². The zero-order valence-corrected chi connectivity index (χ0v) is 26.7. The quantitative estimate of drug-likeness (QED) is 0.289. The number of hydrogen-bond donors (Lipinski definition) is 3. The minimum absolute atomic E-state index is 0.0592. The number of ether oxygens (including phenoxy) is 2. The van der Waals surface area contributed by atoms with Gasteiger partial charge in [0, 0.05) is 39.0 Å². The van der Waals surface area contributed by atoms with E-state index < -0.39 is 39.9 Å². The molecule has 0 spiro atoms. The van der Waals surface area contributed by atoms with E-state index in [0.29, 0.717) is 24.4 Å². The Morgan fingerprint density at radius 3 is 2.07 bits per heavy atom. The number of sulfone groups is 1. The number of hydrogen-bond acceptors (Lipinski definition) is 9. The molecular formula is C32H38N4O9S. The Morgan fingerprint density at radius 1 is 0.891 bits per heavy atom. The van der Waals surface area contributed by atoms with Crippen molar-refractivity contribution in [2.75, 3.05) is 45.7 Å². The number of amides is 3. The number of urea groups is 1. The maximum atomic E-state index is 13.2. The lowest BCUT2D eigenvalue weighted by Gasteiger charge is -2.31. The minimum Gasteiger partial charge on any atom is -0.481 e. The van der Waals surface area contributed by atoms with Gasteiger partial charge in [-0.2, -0.15) is 0 Å². The molecule has 0 saturated carbocycles. The van der Waals surface area contributed by atoms with Crippen LogP contribution in [-0.2, 0) is 30.6 Å². The predicted molar refractivity (Wildman–Crippen MR) is 169 cm³/mol. The van der Waals surface area contributed by atoms with Crippen molar-refractivity contribution in [3.63, 3.8) is 0 Å². The molecule has 3 amide bonds. The highest BCUT2D eigenvalue weighted by molar-refractivity contribution is 7.91. The number of carboxylic acid groups (broad SMARTS) is 1. The molecule has 46 heavy (non-hydrogen) atoms. The van der Waals surface area contributed by atoms with Crippen LogP contribution in [0.2, 0.25) is 0 Å². The monoisotopic (exact) mass is 654 g/mol. The van der Waals surface area contributed by atoms with Crippen molar-refractivity contribution < 1.29 is 42.2 Å². The van der Waals surface area contributed by atoms with Gasteiger partial charge in [-0.25, -0.2) is 22.8 Å². The molecule has 1 saturated heterocycles. The van der Waals surface area contributed by atoms with Gasteiger partial charge in [0.15, 0.2) is 0 Å². The third kappa shape index (κ3) is 10.3. The smallest absolute Gasteiger partial charge is 0.415 e. The largest absolute Gasteiger partial charge is 0.481 e. The van der Waals surface area contributed by atoms with Crippen LogP contribution in [0.1, 0.15) is 18.9 Å². The predicted octanol–water partition coefficient (Wildman–Crippen LogP) is 3.65. The van der Waals surface area contributed by atoms with E-state index in [1.54, 1.807) is 66.4 Å². The Kier molecular flexibility index (Phi) is 13.1. The lowest BCUT2D eigenvalue weighted by atomic mass is 10.1. The van der Waals surface area contributed by atoms with Crippen molar-refractivity contribution in [2.45, 2.75) is 35.6 Å². The summed E-state index contributed by atoms with van der Waals surface area (Å²) in [6.45, 7) is 4.33. The van der Waals surface area contributed by atoms with E-state index in [4.69, 9.17) is 14.6 Å². The maximum Gasteiger partial charge on any atom is 0.415 e. The number of carboxylic acids is 1. The van der Waals surface area contributed by atoms with Crippen molar-refractivity contribution in [1.82, 2.24) is 15.1 Å². The molecule has 1 atom stereocenters. The highest BCUT2D eigenvalue weighted by Gasteiger charge is 2.26. The number of para-hydroxylation sites is 1. The summed E-state index contributed by atoms with van der Waals surface area (Å²) < 4.78 is 36.7. The first-order valence-electron chi connectivity index (χ1n) is 14.4. The molecule has 4 rings (SSSR count). The zero-order valence-electron chi connectivity index (χ0n) is 25.8. The molecule has 246 valence electrons. The fraction of sp³-hybridized carbons (Fsp3) is 0.312. The van der Waals surface area contributed by atoms with Gasteiger partial charge in [-0.15, -0.1) is 0 Å². The molecule has 1 fully saturated rings. The lowest BCUT2D eigenvalue weighted by Crippen LogP contribution is -2.48. The molecule has 13 nitrogen and oxygen atoms in total. The zero-order chi connectivity index (χ0) is 33.7. The summed E-state index contributed by atoms with van der Waals surface area (Å²) in [4.78, 5) is 51.0. The Hall–Kier alpha value is -4.95. The number of anilines is 1. The van der Waals surface area contributed by atoms with E-state index in [1.807, 2.05) is 7.05 Å². The lowest BCUT2D eigenvalue weighted by molar-refractivity contribution is -0.142. The fourth-order valence-corrected chi connectivity index (χ4v) is 5.70. The second kappa shape index (κ2) is 16.9. The van der Waals surface area contributed by atoms with Gasteiger partial charge in [0.25, 0.3) is 0 Å². The van der Waals surface area contributed by atoms with Gasteiger partial charge >= 0.3 is 24.1 Å². The molecule has 1 aliphatic rings. The van der Waals surface area contributed by atoms with Gasteiger partial charge in [-0.1, -0.05) is 49.4 Å². The van der Waals surface area contributed by atoms with Crippen molar-refractivity contribution in [3.05, 3.63) is 84.4 Å². The molecule has 3 aromatic carbocycles. The second-order valence-electron chi connectivity index (χ2n) is 10.2. The van der Waals surface area contributed by atoms with Gasteiger partial charge in [-0.3, -0.25) is 4.79 Å². The topological polar surface area (TPSA) is 172 Å². The third-order valence-electron chi connectivity index (χ3n) is 6.90. The molecule has 0 radical (unpaired) electrons. The standard InChI is InChI=1S/C29H32N4O7S.C3H6O2/c1-32-16-18-33(19-17-32)29(36)40-22-14-12-21(13-15-22)20-25(27(34)39-2)31-28(35)30-24-10-6-7-11-26(24)41(37,38)23-8-4-3-5-9-23;1-2-3(4)5/h3-15,25H,16-20H2,1-2H3,(H2,30,31,35);2H2,1H3,(H,4,5)/t25-;/m0./s1. The number of nitrogens with one attached hydrogen (secondary N) is 2. The molecule has 0 aliphatic carbocycles. The number of piperazine rings is 1. The summed E-state index contributed by atoms with van der Waals surface area (Å²) in [5, 5.41) is 12.8. The van der Waals surface area contributed by atoms with Crippen molar-refractivity contribution in [2.24, 2.45) is 0 Å². The summed E-state index contributed by atoms with van der Waals surface area (Å²) >= 11 is 0. The average molecular weight is 655 g/mol.